The predicted molar refractivity (Wildman–Crippen MR) is 41.8 cm³/mol. The quantitative estimate of drug-likeness (QED) is 0.588. The first-order valence-corrected chi connectivity index (χ1v) is 3.64. The van der Waals surface area contributed by atoms with Crippen LogP contribution in [0.2, 0.25) is 0 Å². The molecule has 0 saturated carbocycles. The normalized spacial score (nSPS) is 12.7. The molecule has 0 saturated heterocycles. The molecule has 0 fully saturated rings. The maximum atomic E-state index is 10.5. The van der Waals surface area contributed by atoms with Crippen molar-refractivity contribution in [2.45, 2.75) is 26.8 Å². The van der Waals surface area contributed by atoms with Crippen molar-refractivity contribution in [1.29, 1.82) is 0 Å². The summed E-state index contributed by atoms with van der Waals surface area (Å²) in [6.07, 6.45) is 0. The second kappa shape index (κ2) is 5.23. The van der Waals surface area contributed by atoms with Crippen molar-refractivity contribution in [2.24, 2.45) is 0 Å². The summed E-state index contributed by atoms with van der Waals surface area (Å²) in [7, 11) is 0. The molecule has 1 atom stereocenters. The molecule has 0 radical (unpaired) electrons. The van der Waals surface area contributed by atoms with Gasteiger partial charge >= 0.3 is 0 Å². The third kappa shape index (κ3) is 5.56. The SMILES string of the molecule is CCNCC(C)NC(C)=O. The summed E-state index contributed by atoms with van der Waals surface area (Å²) in [4.78, 5) is 10.5. The lowest BCUT2D eigenvalue weighted by Crippen LogP contribution is -2.38. The van der Waals surface area contributed by atoms with Crippen molar-refractivity contribution in [3.63, 3.8) is 0 Å². The molecule has 1 amide bonds. The smallest absolute Gasteiger partial charge is 0.217 e. The fraction of sp³-hybridized carbons (Fsp3) is 0.857. The monoisotopic (exact) mass is 144 g/mol. The standard InChI is InChI=1S/C7H16N2O/c1-4-8-5-6(2)9-7(3)10/h6,8H,4-5H2,1-3H3,(H,9,10). The van der Waals surface area contributed by atoms with E-state index >= 15 is 0 Å². The number of amides is 1. The zero-order valence-electron chi connectivity index (χ0n) is 6.90. The second-order valence-corrected chi connectivity index (χ2v) is 2.41. The maximum absolute atomic E-state index is 10.5. The molecule has 0 heterocycles. The van der Waals surface area contributed by atoms with E-state index < -0.39 is 0 Å². The van der Waals surface area contributed by atoms with Crippen LogP contribution < -0.4 is 10.6 Å². The predicted octanol–water partition coefficient (Wildman–Crippen LogP) is 0.120. The largest absolute Gasteiger partial charge is 0.353 e. The van der Waals surface area contributed by atoms with Gasteiger partial charge in [0, 0.05) is 19.5 Å². The molecule has 0 aliphatic carbocycles. The van der Waals surface area contributed by atoms with E-state index in [2.05, 4.69) is 10.6 Å². The van der Waals surface area contributed by atoms with E-state index in [1.807, 2.05) is 13.8 Å². The fourth-order valence-corrected chi connectivity index (χ4v) is 0.759. The Hall–Kier alpha value is -0.570. The summed E-state index contributed by atoms with van der Waals surface area (Å²) < 4.78 is 0. The van der Waals surface area contributed by atoms with E-state index in [1.165, 1.54) is 6.92 Å². The molecule has 0 bridgehead atoms. The van der Waals surface area contributed by atoms with Crippen LogP contribution in [0, 0.1) is 0 Å². The Balaban J connectivity index is 3.25. The van der Waals surface area contributed by atoms with Gasteiger partial charge in [-0.2, -0.15) is 0 Å². The van der Waals surface area contributed by atoms with Gasteiger partial charge in [0.05, 0.1) is 0 Å². The number of nitrogens with one attached hydrogen (secondary N) is 2. The van der Waals surface area contributed by atoms with Crippen molar-refractivity contribution in [1.82, 2.24) is 10.6 Å². The third-order valence-corrected chi connectivity index (χ3v) is 1.15. The molecule has 3 nitrogen and oxygen atoms in total. The van der Waals surface area contributed by atoms with Gasteiger partial charge in [-0.15, -0.1) is 0 Å². The Bertz CT molecular complexity index is 104. The first kappa shape index (κ1) is 9.43. The third-order valence-electron chi connectivity index (χ3n) is 1.15. The van der Waals surface area contributed by atoms with Gasteiger partial charge in [-0.1, -0.05) is 6.92 Å². The average Bonchev–Trinajstić information content (AvgIpc) is 1.82. The highest BCUT2D eigenvalue weighted by molar-refractivity contribution is 5.73. The van der Waals surface area contributed by atoms with Crippen LogP contribution in [-0.2, 0) is 4.79 Å². The van der Waals surface area contributed by atoms with Crippen LogP contribution in [0.15, 0.2) is 0 Å². The van der Waals surface area contributed by atoms with Crippen LogP contribution in [0.4, 0.5) is 0 Å². The maximum Gasteiger partial charge on any atom is 0.217 e. The van der Waals surface area contributed by atoms with Crippen molar-refractivity contribution >= 4 is 5.91 Å². The van der Waals surface area contributed by atoms with E-state index in [0.717, 1.165) is 13.1 Å². The van der Waals surface area contributed by atoms with Crippen molar-refractivity contribution in [2.75, 3.05) is 13.1 Å². The minimum absolute atomic E-state index is 0.0328. The molecule has 0 spiro atoms. The molecule has 1 unspecified atom stereocenters. The molecule has 60 valence electrons. The lowest BCUT2D eigenvalue weighted by atomic mass is 10.3. The number of hydrogen-bond acceptors (Lipinski definition) is 2. The Labute approximate surface area is 62.2 Å². The second-order valence-electron chi connectivity index (χ2n) is 2.41. The van der Waals surface area contributed by atoms with E-state index in [-0.39, 0.29) is 11.9 Å². The van der Waals surface area contributed by atoms with Gasteiger partial charge in [0.25, 0.3) is 0 Å². The Morgan fingerprint density at radius 1 is 1.60 bits per heavy atom. The average molecular weight is 144 g/mol. The summed E-state index contributed by atoms with van der Waals surface area (Å²) in [6, 6.07) is 0.234. The van der Waals surface area contributed by atoms with Gasteiger partial charge < -0.3 is 10.6 Å². The van der Waals surface area contributed by atoms with E-state index in [0.29, 0.717) is 0 Å². The minimum atomic E-state index is 0.0328. The molecule has 0 aromatic heterocycles. The summed E-state index contributed by atoms with van der Waals surface area (Å²) in [5, 5.41) is 5.91. The summed E-state index contributed by atoms with van der Waals surface area (Å²) in [5.74, 6) is 0.0328. The summed E-state index contributed by atoms with van der Waals surface area (Å²) in [5.41, 5.74) is 0. The van der Waals surface area contributed by atoms with Crippen LogP contribution in [0.1, 0.15) is 20.8 Å². The van der Waals surface area contributed by atoms with Crippen LogP contribution in [0.3, 0.4) is 0 Å². The van der Waals surface area contributed by atoms with Crippen LogP contribution in [0.25, 0.3) is 0 Å². The molecular weight excluding hydrogens is 128 g/mol. The minimum Gasteiger partial charge on any atom is -0.353 e. The number of rotatable bonds is 4. The first-order valence-electron chi connectivity index (χ1n) is 3.64. The fourth-order valence-electron chi connectivity index (χ4n) is 0.759. The van der Waals surface area contributed by atoms with E-state index in [1.54, 1.807) is 0 Å². The van der Waals surface area contributed by atoms with Crippen molar-refractivity contribution < 1.29 is 4.79 Å². The lowest BCUT2D eigenvalue weighted by molar-refractivity contribution is -0.119. The summed E-state index contributed by atoms with van der Waals surface area (Å²) in [6.45, 7) is 7.34. The number of carbonyl (C=O) groups excluding carboxylic acids is 1. The molecular formula is C7H16N2O. The molecule has 0 aliphatic rings. The highest BCUT2D eigenvalue weighted by Crippen LogP contribution is 1.76. The molecule has 10 heavy (non-hydrogen) atoms. The number of carbonyl (C=O) groups is 1. The van der Waals surface area contributed by atoms with Gasteiger partial charge in [0.15, 0.2) is 0 Å². The molecule has 0 aromatic carbocycles. The highest BCUT2D eigenvalue weighted by atomic mass is 16.1. The van der Waals surface area contributed by atoms with Gasteiger partial charge in [-0.25, -0.2) is 0 Å². The van der Waals surface area contributed by atoms with E-state index in [4.69, 9.17) is 0 Å². The molecule has 0 aromatic rings. The van der Waals surface area contributed by atoms with Crippen LogP contribution in [-0.4, -0.2) is 25.0 Å². The van der Waals surface area contributed by atoms with Gasteiger partial charge in [0.1, 0.15) is 0 Å². The molecule has 2 N–H and O–H groups in total. The Kier molecular flexibility index (Phi) is 4.94. The highest BCUT2D eigenvalue weighted by Gasteiger charge is 1.99. The van der Waals surface area contributed by atoms with Gasteiger partial charge in [-0.3, -0.25) is 4.79 Å². The first-order chi connectivity index (χ1) is 4.66. The van der Waals surface area contributed by atoms with E-state index in [9.17, 15) is 4.79 Å². The zero-order valence-corrected chi connectivity index (χ0v) is 6.90. The molecule has 0 aliphatic heterocycles. The van der Waals surface area contributed by atoms with Crippen molar-refractivity contribution in [3.05, 3.63) is 0 Å². The zero-order chi connectivity index (χ0) is 7.98. The lowest BCUT2D eigenvalue weighted by Gasteiger charge is -2.11. The number of likely N-dealkylation sites (N-methyl/N-ethyl adjacent to an activating group) is 1. The van der Waals surface area contributed by atoms with Crippen LogP contribution >= 0.6 is 0 Å². The Morgan fingerprint density at radius 3 is 2.60 bits per heavy atom. The van der Waals surface area contributed by atoms with Gasteiger partial charge in [-0.05, 0) is 13.5 Å². The molecule has 3 heteroatoms. The van der Waals surface area contributed by atoms with Crippen LogP contribution in [0.5, 0.6) is 0 Å². The topological polar surface area (TPSA) is 41.1 Å². The Morgan fingerprint density at radius 2 is 2.20 bits per heavy atom. The molecule has 0 rings (SSSR count). The van der Waals surface area contributed by atoms with Crippen molar-refractivity contribution in [3.8, 4) is 0 Å². The van der Waals surface area contributed by atoms with Gasteiger partial charge in [0.2, 0.25) is 5.91 Å². The number of hydrogen-bond donors (Lipinski definition) is 2. The summed E-state index contributed by atoms with van der Waals surface area (Å²) >= 11 is 0.